The molecule has 4 rings (SSSR count). The van der Waals surface area contributed by atoms with E-state index in [-0.39, 0.29) is 0 Å². The van der Waals surface area contributed by atoms with Crippen molar-refractivity contribution >= 4 is 11.6 Å². The lowest BCUT2D eigenvalue weighted by Crippen LogP contribution is -2.53. The number of hydrogen-bond donors (Lipinski definition) is 1. The molecule has 2 aromatic heterocycles. The molecule has 7 heteroatoms. The van der Waals surface area contributed by atoms with Gasteiger partial charge in [0.25, 0.3) is 0 Å². The van der Waals surface area contributed by atoms with Gasteiger partial charge in [0.05, 0.1) is 0 Å². The largest absolute Gasteiger partial charge is 0.357 e. The van der Waals surface area contributed by atoms with Crippen molar-refractivity contribution in [1.82, 2.24) is 29.7 Å². The lowest BCUT2D eigenvalue weighted by Gasteiger charge is -2.40. The van der Waals surface area contributed by atoms with Crippen LogP contribution in [0.25, 0.3) is 5.65 Å². The average Bonchev–Trinajstić information content (AvgIpc) is 3.23. The second kappa shape index (κ2) is 10.4. The predicted molar refractivity (Wildman–Crippen MR) is 125 cm³/mol. The van der Waals surface area contributed by atoms with Crippen molar-refractivity contribution in [3.8, 4) is 0 Å². The number of guanidine groups is 1. The van der Waals surface area contributed by atoms with Gasteiger partial charge in [-0.05, 0) is 31.0 Å². The van der Waals surface area contributed by atoms with E-state index in [1.165, 1.54) is 5.56 Å². The van der Waals surface area contributed by atoms with Gasteiger partial charge in [0.2, 0.25) is 0 Å². The molecule has 1 aromatic carbocycles. The second-order valence-corrected chi connectivity index (χ2v) is 7.89. The third-order valence-corrected chi connectivity index (χ3v) is 5.94. The Morgan fingerprint density at radius 1 is 1.00 bits per heavy atom. The summed E-state index contributed by atoms with van der Waals surface area (Å²) in [5, 5.41) is 12.0. The first-order valence-electron chi connectivity index (χ1n) is 11.4. The number of rotatable bonds is 7. The fourth-order valence-corrected chi connectivity index (χ4v) is 4.37. The van der Waals surface area contributed by atoms with Gasteiger partial charge in [0.15, 0.2) is 11.6 Å². The molecule has 1 saturated heterocycles. The standard InChI is InChI=1S/C24H33N7/c1-3-21(20-10-6-5-7-11-20)29-16-18-30(19-17-29)24(25-4-2)26-14-13-23-28-27-22-12-8-9-15-31(22)23/h5-12,15,21H,3-4,13-14,16-19H2,1-2H3,(H,25,26). The van der Waals surface area contributed by atoms with Gasteiger partial charge < -0.3 is 10.2 Å². The zero-order valence-corrected chi connectivity index (χ0v) is 18.6. The molecule has 3 aromatic rings. The van der Waals surface area contributed by atoms with Crippen molar-refractivity contribution in [1.29, 1.82) is 0 Å². The summed E-state index contributed by atoms with van der Waals surface area (Å²) in [7, 11) is 0. The molecule has 0 amide bonds. The van der Waals surface area contributed by atoms with Crippen LogP contribution in [0, 0.1) is 0 Å². The topological polar surface area (TPSA) is 61.1 Å². The van der Waals surface area contributed by atoms with Crippen LogP contribution in [0.1, 0.15) is 37.7 Å². The highest BCUT2D eigenvalue weighted by atomic mass is 15.4. The summed E-state index contributed by atoms with van der Waals surface area (Å²) in [6, 6.07) is 17.3. The molecule has 1 aliphatic heterocycles. The minimum Gasteiger partial charge on any atom is -0.357 e. The lowest BCUT2D eigenvalue weighted by molar-refractivity contribution is 0.127. The molecule has 0 spiro atoms. The number of hydrogen-bond acceptors (Lipinski definition) is 4. The van der Waals surface area contributed by atoms with Crippen LogP contribution in [0.15, 0.2) is 59.7 Å². The fraction of sp³-hybridized carbons (Fsp3) is 0.458. The van der Waals surface area contributed by atoms with Gasteiger partial charge in [-0.3, -0.25) is 14.3 Å². The summed E-state index contributed by atoms with van der Waals surface area (Å²) < 4.78 is 2.04. The van der Waals surface area contributed by atoms with Gasteiger partial charge in [-0.2, -0.15) is 0 Å². The van der Waals surface area contributed by atoms with E-state index in [9.17, 15) is 0 Å². The van der Waals surface area contributed by atoms with Crippen LogP contribution < -0.4 is 5.32 Å². The lowest BCUT2D eigenvalue weighted by atomic mass is 10.0. The molecule has 31 heavy (non-hydrogen) atoms. The predicted octanol–water partition coefficient (Wildman–Crippen LogP) is 3.01. The average molecular weight is 420 g/mol. The zero-order chi connectivity index (χ0) is 21.5. The number of fused-ring (bicyclic) bond motifs is 1. The monoisotopic (exact) mass is 419 g/mol. The Kier molecular flexibility index (Phi) is 7.14. The fourth-order valence-electron chi connectivity index (χ4n) is 4.37. The van der Waals surface area contributed by atoms with E-state index in [2.05, 4.69) is 69.5 Å². The number of piperazine rings is 1. The van der Waals surface area contributed by atoms with Crippen LogP contribution in [0.4, 0.5) is 0 Å². The van der Waals surface area contributed by atoms with Crippen LogP contribution in [0.3, 0.4) is 0 Å². The second-order valence-electron chi connectivity index (χ2n) is 7.89. The number of benzene rings is 1. The van der Waals surface area contributed by atoms with Crippen LogP contribution in [0.5, 0.6) is 0 Å². The van der Waals surface area contributed by atoms with Crippen molar-refractivity contribution in [2.75, 3.05) is 39.3 Å². The Bertz CT molecular complexity index is 974. The van der Waals surface area contributed by atoms with E-state index in [0.717, 1.165) is 63.0 Å². The van der Waals surface area contributed by atoms with Crippen LogP contribution in [0.2, 0.25) is 0 Å². The summed E-state index contributed by atoms with van der Waals surface area (Å²) in [6.07, 6.45) is 3.91. The Labute approximate surface area is 184 Å². The maximum absolute atomic E-state index is 4.90. The molecule has 1 atom stereocenters. The van der Waals surface area contributed by atoms with Gasteiger partial charge in [-0.1, -0.05) is 43.3 Å². The maximum atomic E-state index is 4.90. The van der Waals surface area contributed by atoms with Gasteiger partial charge in [-0.25, -0.2) is 0 Å². The van der Waals surface area contributed by atoms with E-state index in [1.807, 2.05) is 28.8 Å². The van der Waals surface area contributed by atoms with Crippen LogP contribution in [-0.2, 0) is 6.42 Å². The van der Waals surface area contributed by atoms with Crippen LogP contribution >= 0.6 is 0 Å². The van der Waals surface area contributed by atoms with E-state index in [4.69, 9.17) is 4.99 Å². The molecule has 0 radical (unpaired) electrons. The Morgan fingerprint density at radius 3 is 2.52 bits per heavy atom. The van der Waals surface area contributed by atoms with Crippen molar-refractivity contribution in [2.24, 2.45) is 4.99 Å². The number of nitrogens with zero attached hydrogens (tertiary/aromatic N) is 6. The SMILES string of the molecule is CCNC(=NCCc1nnc2ccccn12)N1CCN(C(CC)c2ccccc2)CC1. The first-order valence-corrected chi connectivity index (χ1v) is 11.4. The molecule has 0 bridgehead atoms. The molecular formula is C24H33N7. The van der Waals surface area contributed by atoms with E-state index in [1.54, 1.807) is 0 Å². The van der Waals surface area contributed by atoms with Crippen molar-refractivity contribution < 1.29 is 0 Å². The number of pyridine rings is 1. The van der Waals surface area contributed by atoms with Gasteiger partial charge in [0.1, 0.15) is 5.82 Å². The highest BCUT2D eigenvalue weighted by Crippen LogP contribution is 2.25. The van der Waals surface area contributed by atoms with Crippen molar-refractivity contribution in [3.63, 3.8) is 0 Å². The zero-order valence-electron chi connectivity index (χ0n) is 18.6. The first-order chi connectivity index (χ1) is 15.3. The molecule has 1 aliphatic rings. The summed E-state index contributed by atoms with van der Waals surface area (Å²) in [5.41, 5.74) is 2.30. The first kappa shape index (κ1) is 21.3. The Balaban J connectivity index is 1.36. The Hall–Kier alpha value is -2.93. The molecular weight excluding hydrogens is 386 g/mol. The molecule has 3 heterocycles. The molecule has 1 fully saturated rings. The van der Waals surface area contributed by atoms with Crippen molar-refractivity contribution in [2.45, 2.75) is 32.7 Å². The van der Waals surface area contributed by atoms with Gasteiger partial charge in [-0.15, -0.1) is 10.2 Å². The quantitative estimate of drug-likeness (QED) is 0.471. The van der Waals surface area contributed by atoms with Crippen LogP contribution in [-0.4, -0.2) is 69.6 Å². The number of aromatic nitrogens is 3. The third kappa shape index (κ3) is 5.05. The minimum atomic E-state index is 0.490. The molecule has 164 valence electrons. The summed E-state index contributed by atoms with van der Waals surface area (Å²) in [4.78, 5) is 9.90. The Morgan fingerprint density at radius 2 is 1.77 bits per heavy atom. The van der Waals surface area contributed by atoms with Gasteiger partial charge in [0, 0.05) is 57.9 Å². The molecule has 0 aliphatic carbocycles. The molecule has 0 saturated carbocycles. The summed E-state index contributed by atoms with van der Waals surface area (Å²) >= 11 is 0. The maximum Gasteiger partial charge on any atom is 0.194 e. The van der Waals surface area contributed by atoms with E-state index in [0.29, 0.717) is 12.6 Å². The molecule has 7 nitrogen and oxygen atoms in total. The normalized spacial score (nSPS) is 16.6. The smallest absolute Gasteiger partial charge is 0.194 e. The molecule has 1 unspecified atom stereocenters. The minimum absolute atomic E-state index is 0.490. The van der Waals surface area contributed by atoms with E-state index >= 15 is 0 Å². The summed E-state index contributed by atoms with van der Waals surface area (Å²) in [6.45, 7) is 10.0. The molecule has 1 N–H and O–H groups in total. The number of nitrogens with one attached hydrogen (secondary N) is 1. The van der Waals surface area contributed by atoms with Crippen molar-refractivity contribution in [3.05, 3.63) is 66.1 Å². The number of aliphatic imine (C=N–C) groups is 1. The van der Waals surface area contributed by atoms with Gasteiger partial charge >= 0.3 is 0 Å². The summed E-state index contributed by atoms with van der Waals surface area (Å²) in [5.74, 6) is 1.96. The van der Waals surface area contributed by atoms with E-state index < -0.39 is 0 Å². The third-order valence-electron chi connectivity index (χ3n) is 5.94. The highest BCUT2D eigenvalue weighted by Gasteiger charge is 2.25. The highest BCUT2D eigenvalue weighted by molar-refractivity contribution is 5.80.